The van der Waals surface area contributed by atoms with Gasteiger partial charge in [-0.15, -0.1) is 0 Å². The maximum atomic E-state index is 13.9. The van der Waals surface area contributed by atoms with Crippen LogP contribution < -0.4 is 5.32 Å². The molecule has 1 aliphatic carbocycles. The first-order valence-electron chi connectivity index (χ1n) is 13.3. The van der Waals surface area contributed by atoms with Gasteiger partial charge in [0.25, 0.3) is 0 Å². The second-order valence-electron chi connectivity index (χ2n) is 10.5. The number of nitrogens with zero attached hydrogens (tertiary/aromatic N) is 2. The number of hydrogen-bond acceptors (Lipinski definition) is 3. The van der Waals surface area contributed by atoms with E-state index in [1.165, 1.54) is 18.2 Å². The first kappa shape index (κ1) is 33.7. The van der Waals surface area contributed by atoms with Crippen LogP contribution in [0.4, 0.5) is 39.5 Å². The van der Waals surface area contributed by atoms with Crippen LogP contribution in [0.2, 0.25) is 0 Å². The summed E-state index contributed by atoms with van der Waals surface area (Å²) in [7, 11) is 0. The normalized spacial score (nSPS) is 18.8. The van der Waals surface area contributed by atoms with Crippen LogP contribution in [0.15, 0.2) is 42.5 Å². The summed E-state index contributed by atoms with van der Waals surface area (Å²) in [6.45, 7) is 0.833. The van der Waals surface area contributed by atoms with Crippen LogP contribution in [0.25, 0.3) is 0 Å². The zero-order valence-electron chi connectivity index (χ0n) is 22.0. The lowest BCUT2D eigenvalue weighted by Crippen LogP contribution is -2.54. The van der Waals surface area contributed by atoms with E-state index in [-0.39, 0.29) is 32.1 Å². The minimum absolute atomic E-state index is 0. The fraction of sp³-hybridized carbons (Fsp3) is 0.552. The molecule has 0 radical (unpaired) electrons. The standard InChI is InChI=1S/C28H30F9N3O.CH4/c29-26(30,31)19-14-18(15-20(16-19)27(32,33)34)17-38-25(41)24(22-8-4-5-9-23(22)28(35,36)37)40-12-10-39(11-13-40)21-6-2-1-3-7-21;/h4-5,8-9,14-16,21,24H,1-3,6-7,10-13,17H2,(H,38,41);1H4. The van der Waals surface area contributed by atoms with E-state index in [9.17, 15) is 44.3 Å². The second kappa shape index (κ2) is 13.2. The smallest absolute Gasteiger partial charge is 0.350 e. The molecule has 234 valence electrons. The van der Waals surface area contributed by atoms with Crippen molar-refractivity contribution in [2.45, 2.75) is 76.7 Å². The second-order valence-corrected chi connectivity index (χ2v) is 10.5. The van der Waals surface area contributed by atoms with Gasteiger partial charge in [0.2, 0.25) is 5.91 Å². The molecule has 2 aromatic rings. The fourth-order valence-electron chi connectivity index (χ4n) is 5.71. The van der Waals surface area contributed by atoms with Gasteiger partial charge in [-0.25, -0.2) is 0 Å². The van der Waals surface area contributed by atoms with Gasteiger partial charge in [0, 0.05) is 38.8 Å². The number of alkyl halides is 9. The molecular weight excluding hydrogens is 577 g/mol. The Bertz CT molecular complexity index is 1160. The summed E-state index contributed by atoms with van der Waals surface area (Å²) in [5, 5.41) is 2.31. The summed E-state index contributed by atoms with van der Waals surface area (Å²) in [6.07, 6.45) is -9.54. The molecule has 4 nitrogen and oxygen atoms in total. The van der Waals surface area contributed by atoms with Crippen molar-refractivity contribution in [1.29, 1.82) is 0 Å². The van der Waals surface area contributed by atoms with Crippen LogP contribution in [-0.2, 0) is 29.9 Å². The van der Waals surface area contributed by atoms with Crippen LogP contribution in [0.5, 0.6) is 0 Å². The van der Waals surface area contributed by atoms with Crippen molar-refractivity contribution in [3.8, 4) is 0 Å². The molecule has 42 heavy (non-hydrogen) atoms. The van der Waals surface area contributed by atoms with E-state index in [0.29, 0.717) is 31.3 Å². The van der Waals surface area contributed by atoms with Crippen molar-refractivity contribution < 1.29 is 44.3 Å². The lowest BCUT2D eigenvalue weighted by molar-refractivity contribution is -0.143. The van der Waals surface area contributed by atoms with Crippen LogP contribution in [-0.4, -0.2) is 47.9 Å². The highest BCUT2D eigenvalue weighted by Gasteiger charge is 2.41. The third-order valence-corrected chi connectivity index (χ3v) is 7.73. The summed E-state index contributed by atoms with van der Waals surface area (Å²) in [5.74, 6) is -0.946. The Morgan fingerprint density at radius 3 is 1.86 bits per heavy atom. The van der Waals surface area contributed by atoms with Gasteiger partial charge in [-0.2, -0.15) is 39.5 Å². The van der Waals surface area contributed by atoms with Crippen LogP contribution in [0.3, 0.4) is 0 Å². The molecule has 2 aliphatic rings. The van der Waals surface area contributed by atoms with Crippen LogP contribution >= 0.6 is 0 Å². The molecule has 1 amide bonds. The van der Waals surface area contributed by atoms with Crippen LogP contribution in [0, 0.1) is 0 Å². The van der Waals surface area contributed by atoms with Gasteiger partial charge in [-0.05, 0) is 48.2 Å². The Morgan fingerprint density at radius 2 is 1.33 bits per heavy atom. The first-order valence-corrected chi connectivity index (χ1v) is 13.3. The number of benzene rings is 2. The largest absolute Gasteiger partial charge is 0.416 e. The van der Waals surface area contributed by atoms with Gasteiger partial charge in [0.1, 0.15) is 6.04 Å². The average Bonchev–Trinajstić information content (AvgIpc) is 2.91. The van der Waals surface area contributed by atoms with Crippen molar-refractivity contribution >= 4 is 5.91 Å². The summed E-state index contributed by atoms with van der Waals surface area (Å²) >= 11 is 0. The number of piperazine rings is 1. The molecule has 1 N–H and O–H groups in total. The molecule has 2 fully saturated rings. The molecule has 1 aliphatic heterocycles. The number of amides is 1. The molecule has 0 aromatic heterocycles. The fourth-order valence-corrected chi connectivity index (χ4v) is 5.71. The Kier molecular flexibility index (Phi) is 10.6. The van der Waals surface area contributed by atoms with Gasteiger partial charge in [0.05, 0.1) is 16.7 Å². The average molecular weight is 612 g/mol. The van der Waals surface area contributed by atoms with E-state index in [2.05, 4.69) is 10.2 Å². The predicted octanol–water partition coefficient (Wildman–Crippen LogP) is 7.69. The molecule has 1 unspecified atom stereocenters. The zero-order valence-corrected chi connectivity index (χ0v) is 22.0. The number of halogens is 9. The highest BCUT2D eigenvalue weighted by molar-refractivity contribution is 5.83. The van der Waals surface area contributed by atoms with E-state index in [1.54, 1.807) is 4.90 Å². The molecule has 1 saturated heterocycles. The molecule has 1 saturated carbocycles. The molecule has 4 rings (SSSR count). The van der Waals surface area contributed by atoms with Gasteiger partial charge in [0.15, 0.2) is 0 Å². The molecule has 0 spiro atoms. The van der Waals surface area contributed by atoms with Gasteiger partial charge < -0.3 is 5.32 Å². The summed E-state index contributed by atoms with van der Waals surface area (Å²) in [6, 6.07) is 4.41. The van der Waals surface area contributed by atoms with Crippen molar-refractivity contribution in [3.63, 3.8) is 0 Å². The Morgan fingerprint density at radius 1 is 0.786 bits per heavy atom. The van der Waals surface area contributed by atoms with Gasteiger partial charge >= 0.3 is 18.5 Å². The minimum Gasteiger partial charge on any atom is -0.350 e. The minimum atomic E-state index is -5.08. The summed E-state index contributed by atoms with van der Waals surface area (Å²) < 4.78 is 121. The maximum absolute atomic E-state index is 13.9. The SMILES string of the molecule is C.O=C(NCc1cc(C(F)(F)F)cc(C(F)(F)F)c1)C(c1ccccc1C(F)(F)F)N1CCN(C2CCCCC2)CC1. The number of hydrogen-bond donors (Lipinski definition) is 1. The van der Waals surface area contributed by atoms with E-state index in [4.69, 9.17) is 0 Å². The third kappa shape index (κ3) is 8.18. The monoisotopic (exact) mass is 611 g/mol. The highest BCUT2D eigenvalue weighted by atomic mass is 19.4. The lowest BCUT2D eigenvalue weighted by atomic mass is 9.93. The van der Waals surface area contributed by atoms with Crippen molar-refractivity contribution in [2.24, 2.45) is 0 Å². The molecule has 2 aromatic carbocycles. The summed E-state index contributed by atoms with van der Waals surface area (Å²) in [4.78, 5) is 17.3. The Hall–Kier alpha value is -2.80. The molecule has 0 bridgehead atoms. The highest BCUT2D eigenvalue weighted by Crippen LogP contribution is 2.38. The topological polar surface area (TPSA) is 35.6 Å². The lowest BCUT2D eigenvalue weighted by Gasteiger charge is -2.43. The number of carbonyl (C=O) groups is 1. The van der Waals surface area contributed by atoms with Crippen molar-refractivity contribution in [3.05, 3.63) is 70.3 Å². The van der Waals surface area contributed by atoms with E-state index in [0.717, 1.165) is 38.2 Å². The van der Waals surface area contributed by atoms with E-state index in [1.807, 2.05) is 0 Å². The van der Waals surface area contributed by atoms with Crippen molar-refractivity contribution in [1.82, 2.24) is 15.1 Å². The maximum Gasteiger partial charge on any atom is 0.416 e. The Balaban J connectivity index is 0.00000484. The van der Waals surface area contributed by atoms with Crippen molar-refractivity contribution in [2.75, 3.05) is 26.2 Å². The molecule has 13 heteroatoms. The number of rotatable bonds is 6. The van der Waals surface area contributed by atoms with Gasteiger partial charge in [-0.3, -0.25) is 14.6 Å². The third-order valence-electron chi connectivity index (χ3n) is 7.73. The van der Waals surface area contributed by atoms with E-state index < -0.39 is 59.3 Å². The Labute approximate surface area is 238 Å². The number of nitrogens with one attached hydrogen (secondary N) is 1. The molecular formula is C29H34F9N3O. The molecule has 1 atom stereocenters. The summed E-state index contributed by atoms with van der Waals surface area (Å²) in [5.41, 5.74) is -4.94. The quantitative estimate of drug-likeness (QED) is 0.341. The molecule has 1 heterocycles. The number of carbonyl (C=O) groups excluding carboxylic acids is 1. The van der Waals surface area contributed by atoms with E-state index >= 15 is 0 Å². The zero-order chi connectivity index (χ0) is 30.0. The first-order chi connectivity index (χ1) is 19.1. The van der Waals surface area contributed by atoms with Crippen LogP contribution in [0.1, 0.15) is 73.4 Å². The predicted molar refractivity (Wildman–Crippen MR) is 139 cm³/mol. The van der Waals surface area contributed by atoms with Gasteiger partial charge in [-0.1, -0.05) is 44.9 Å².